The number of hydrogen-bond donors (Lipinski definition) is 0. The molecule has 0 spiro atoms. The Bertz CT molecular complexity index is 1100. The standard InChI is InChI=1S/C26H25N3O4S/c27-29-28-25-24(34-20-14-8-3-9-15-20)23(30-16-18-10-4-1-5-11-18)22-21(32-25)17-31-26(33-22)19-12-6-2-7-13-19/h1-15,21-26H,16-17H2/t21-,22-,23+,24-,25-,26?/m1/s1. The topological polar surface area (TPSA) is 85.7 Å². The zero-order valence-electron chi connectivity index (χ0n) is 18.4. The number of hydrogen-bond acceptors (Lipinski definition) is 6. The Morgan fingerprint density at radius 1 is 0.912 bits per heavy atom. The van der Waals surface area contributed by atoms with E-state index in [9.17, 15) is 5.53 Å². The fourth-order valence-electron chi connectivity index (χ4n) is 4.22. The molecule has 0 saturated carbocycles. The third-order valence-corrected chi connectivity index (χ3v) is 7.16. The molecule has 34 heavy (non-hydrogen) atoms. The monoisotopic (exact) mass is 475 g/mol. The minimum absolute atomic E-state index is 0.308. The molecule has 2 fully saturated rings. The maximum absolute atomic E-state index is 9.25. The summed E-state index contributed by atoms with van der Waals surface area (Å²) >= 11 is 1.57. The molecule has 0 amide bonds. The molecule has 1 unspecified atom stereocenters. The van der Waals surface area contributed by atoms with Gasteiger partial charge in [-0.1, -0.05) is 84.0 Å². The van der Waals surface area contributed by atoms with E-state index in [1.807, 2.05) is 91.0 Å². The Kier molecular flexibility index (Phi) is 7.46. The zero-order valence-corrected chi connectivity index (χ0v) is 19.2. The number of azide groups is 1. The summed E-state index contributed by atoms with van der Waals surface area (Å²) < 4.78 is 25.2. The van der Waals surface area contributed by atoms with Gasteiger partial charge in [0.25, 0.3) is 0 Å². The van der Waals surface area contributed by atoms with E-state index in [4.69, 9.17) is 18.9 Å². The highest BCUT2D eigenvalue weighted by atomic mass is 32.2. The van der Waals surface area contributed by atoms with Crippen LogP contribution < -0.4 is 0 Å². The number of benzene rings is 3. The fourth-order valence-corrected chi connectivity index (χ4v) is 5.46. The van der Waals surface area contributed by atoms with E-state index in [1.165, 1.54) is 0 Å². The van der Waals surface area contributed by atoms with Crippen LogP contribution in [0.1, 0.15) is 17.4 Å². The van der Waals surface area contributed by atoms with Crippen molar-refractivity contribution in [1.29, 1.82) is 0 Å². The molecule has 0 aliphatic carbocycles. The Morgan fingerprint density at radius 3 is 2.29 bits per heavy atom. The third kappa shape index (κ3) is 5.28. The van der Waals surface area contributed by atoms with Gasteiger partial charge in [-0.2, -0.15) is 0 Å². The van der Waals surface area contributed by atoms with E-state index in [2.05, 4.69) is 10.0 Å². The first-order chi connectivity index (χ1) is 16.8. The fraction of sp³-hybridized carbons (Fsp3) is 0.308. The van der Waals surface area contributed by atoms with Gasteiger partial charge in [0.05, 0.1) is 18.5 Å². The summed E-state index contributed by atoms with van der Waals surface area (Å²) in [5.74, 6) is 0. The lowest BCUT2D eigenvalue weighted by molar-refractivity contribution is -0.313. The molecule has 0 bridgehead atoms. The Labute approximate surface area is 202 Å². The van der Waals surface area contributed by atoms with Gasteiger partial charge in [-0.3, -0.25) is 0 Å². The van der Waals surface area contributed by atoms with Gasteiger partial charge in [-0.15, -0.1) is 11.8 Å². The molecule has 2 aliphatic heterocycles. The molecule has 5 rings (SSSR count). The van der Waals surface area contributed by atoms with Crippen LogP contribution in [0.2, 0.25) is 0 Å². The van der Waals surface area contributed by atoms with Gasteiger partial charge in [0.2, 0.25) is 0 Å². The van der Waals surface area contributed by atoms with E-state index in [0.29, 0.717) is 13.2 Å². The van der Waals surface area contributed by atoms with Crippen LogP contribution >= 0.6 is 11.8 Å². The van der Waals surface area contributed by atoms with Crippen molar-refractivity contribution in [3.63, 3.8) is 0 Å². The van der Waals surface area contributed by atoms with E-state index in [-0.39, 0.29) is 5.25 Å². The summed E-state index contributed by atoms with van der Waals surface area (Å²) in [6, 6.07) is 29.8. The molecule has 3 aromatic carbocycles. The van der Waals surface area contributed by atoms with E-state index in [0.717, 1.165) is 16.0 Å². The summed E-state index contributed by atoms with van der Waals surface area (Å²) in [6.45, 7) is 0.722. The van der Waals surface area contributed by atoms with Crippen LogP contribution in [-0.2, 0) is 25.6 Å². The Hall–Kier alpha value is -2.84. The molecule has 174 valence electrons. The number of rotatable bonds is 7. The number of nitrogens with zero attached hydrogens (tertiary/aromatic N) is 3. The summed E-state index contributed by atoms with van der Waals surface area (Å²) in [5, 5.41) is 3.67. The second-order valence-electron chi connectivity index (χ2n) is 8.10. The summed E-state index contributed by atoms with van der Waals surface area (Å²) in [4.78, 5) is 4.09. The average Bonchev–Trinajstić information content (AvgIpc) is 2.90. The number of thioether (sulfide) groups is 1. The van der Waals surface area contributed by atoms with Crippen molar-refractivity contribution in [1.82, 2.24) is 0 Å². The lowest BCUT2D eigenvalue weighted by atomic mass is 9.98. The molecule has 7 nitrogen and oxygen atoms in total. The molecule has 0 aromatic heterocycles. The van der Waals surface area contributed by atoms with Crippen molar-refractivity contribution in [3.8, 4) is 0 Å². The SMILES string of the molecule is [N-]=[N+]=N[C@@H]1O[C@@H]2COC(c3ccccc3)O[C@H]2[C@H](OCc2ccccc2)[C@H]1Sc1ccccc1. The lowest BCUT2D eigenvalue weighted by Gasteiger charge is -2.48. The van der Waals surface area contributed by atoms with Crippen LogP contribution in [0.15, 0.2) is 101 Å². The molecule has 6 atom stereocenters. The molecule has 2 aliphatic rings. The number of fused-ring (bicyclic) bond motifs is 1. The smallest absolute Gasteiger partial charge is 0.184 e. The summed E-state index contributed by atoms with van der Waals surface area (Å²) in [6.07, 6.45) is -2.45. The Morgan fingerprint density at radius 2 is 1.59 bits per heavy atom. The van der Waals surface area contributed by atoms with Crippen molar-refractivity contribution in [2.24, 2.45) is 5.11 Å². The van der Waals surface area contributed by atoms with E-state index < -0.39 is 30.8 Å². The van der Waals surface area contributed by atoms with Gasteiger partial charge in [0.15, 0.2) is 12.5 Å². The second-order valence-corrected chi connectivity index (χ2v) is 9.35. The minimum Gasteiger partial charge on any atom is -0.369 e. The Balaban J connectivity index is 1.45. The minimum atomic E-state index is -0.724. The summed E-state index contributed by atoms with van der Waals surface area (Å²) in [7, 11) is 0. The van der Waals surface area contributed by atoms with E-state index in [1.54, 1.807) is 11.8 Å². The van der Waals surface area contributed by atoms with Crippen LogP contribution in [0.3, 0.4) is 0 Å². The van der Waals surface area contributed by atoms with Crippen LogP contribution in [0, 0.1) is 0 Å². The quantitative estimate of drug-likeness (QED) is 0.242. The average molecular weight is 476 g/mol. The molecule has 3 aromatic rings. The van der Waals surface area contributed by atoms with Crippen LogP contribution in [0.25, 0.3) is 10.4 Å². The normalized spacial score (nSPS) is 28.5. The van der Waals surface area contributed by atoms with Gasteiger partial charge in [0.1, 0.15) is 18.3 Å². The van der Waals surface area contributed by atoms with Gasteiger partial charge >= 0.3 is 0 Å². The van der Waals surface area contributed by atoms with Gasteiger partial charge in [0, 0.05) is 15.4 Å². The summed E-state index contributed by atoms with van der Waals surface area (Å²) in [5.41, 5.74) is 11.2. The van der Waals surface area contributed by atoms with Crippen molar-refractivity contribution in [2.75, 3.05) is 6.61 Å². The van der Waals surface area contributed by atoms with Crippen LogP contribution in [0.5, 0.6) is 0 Å². The van der Waals surface area contributed by atoms with Crippen molar-refractivity contribution < 1.29 is 18.9 Å². The highest BCUT2D eigenvalue weighted by molar-refractivity contribution is 8.00. The maximum Gasteiger partial charge on any atom is 0.184 e. The lowest BCUT2D eigenvalue weighted by Crippen LogP contribution is -2.61. The molecule has 0 radical (unpaired) electrons. The predicted molar refractivity (Wildman–Crippen MR) is 129 cm³/mol. The first-order valence-corrected chi connectivity index (χ1v) is 12.1. The zero-order chi connectivity index (χ0) is 23.2. The molecule has 8 heteroatoms. The van der Waals surface area contributed by atoms with E-state index >= 15 is 0 Å². The van der Waals surface area contributed by atoms with Crippen molar-refractivity contribution in [3.05, 3.63) is 113 Å². The number of ether oxygens (including phenoxy) is 4. The van der Waals surface area contributed by atoms with Gasteiger partial charge in [-0.05, 0) is 23.2 Å². The predicted octanol–water partition coefficient (Wildman–Crippen LogP) is 5.88. The maximum atomic E-state index is 9.25. The highest BCUT2D eigenvalue weighted by Crippen LogP contribution is 2.42. The van der Waals surface area contributed by atoms with Crippen molar-refractivity contribution >= 4 is 11.8 Å². The largest absolute Gasteiger partial charge is 0.369 e. The highest BCUT2D eigenvalue weighted by Gasteiger charge is 2.50. The molecular formula is C26H25N3O4S. The van der Waals surface area contributed by atoms with Gasteiger partial charge in [-0.25, -0.2) is 0 Å². The second kappa shape index (κ2) is 11.1. The molecule has 0 N–H and O–H groups in total. The first-order valence-electron chi connectivity index (χ1n) is 11.2. The van der Waals surface area contributed by atoms with Gasteiger partial charge < -0.3 is 18.9 Å². The molecule has 2 heterocycles. The van der Waals surface area contributed by atoms with Crippen LogP contribution in [-0.4, -0.2) is 36.4 Å². The molecular weight excluding hydrogens is 450 g/mol. The molecule has 2 saturated heterocycles. The first kappa shape index (κ1) is 22.9. The van der Waals surface area contributed by atoms with Crippen molar-refractivity contribution in [2.45, 2.75) is 47.6 Å². The third-order valence-electron chi connectivity index (χ3n) is 5.84. The van der Waals surface area contributed by atoms with Crippen LogP contribution in [0.4, 0.5) is 0 Å².